The first-order valence-electron chi connectivity index (χ1n) is 10.9. The Hall–Kier alpha value is -2.86. The van der Waals surface area contributed by atoms with Crippen LogP contribution in [0.15, 0.2) is 48.5 Å². The predicted octanol–water partition coefficient (Wildman–Crippen LogP) is 3.18. The van der Waals surface area contributed by atoms with Gasteiger partial charge in [0.1, 0.15) is 11.9 Å². The quantitative estimate of drug-likeness (QED) is 0.775. The molecule has 2 aliphatic rings. The monoisotopic (exact) mass is 422 g/mol. The molecular weight excluding hydrogens is 392 g/mol. The summed E-state index contributed by atoms with van der Waals surface area (Å²) >= 11 is 0. The zero-order valence-corrected chi connectivity index (χ0v) is 18.0. The van der Waals surface area contributed by atoms with Gasteiger partial charge in [0.2, 0.25) is 5.91 Å². The SMILES string of the molecule is COc1ccc(-c2ccc(C[C@]3(C(N)=O)CCCN(C(=O)[C@@H]4CCCO4)C3)cc2)cc1. The summed E-state index contributed by atoms with van der Waals surface area (Å²) in [6.07, 6.45) is 3.29. The van der Waals surface area contributed by atoms with E-state index in [1.165, 1.54) is 0 Å². The fourth-order valence-electron chi connectivity index (χ4n) is 4.72. The van der Waals surface area contributed by atoms with Gasteiger partial charge in [0, 0.05) is 19.7 Å². The maximum atomic E-state index is 12.9. The molecule has 2 amide bonds. The molecule has 164 valence electrons. The zero-order valence-electron chi connectivity index (χ0n) is 18.0. The largest absolute Gasteiger partial charge is 0.497 e. The summed E-state index contributed by atoms with van der Waals surface area (Å²) in [5, 5.41) is 0. The van der Waals surface area contributed by atoms with Gasteiger partial charge in [-0.15, -0.1) is 0 Å². The van der Waals surface area contributed by atoms with Crippen LogP contribution in [0.5, 0.6) is 5.75 Å². The van der Waals surface area contributed by atoms with Crippen molar-refractivity contribution >= 4 is 11.8 Å². The minimum absolute atomic E-state index is 0.00215. The number of carbonyl (C=O) groups excluding carboxylic acids is 2. The topological polar surface area (TPSA) is 81.9 Å². The molecule has 2 aromatic carbocycles. The highest BCUT2D eigenvalue weighted by Crippen LogP contribution is 2.35. The van der Waals surface area contributed by atoms with Crippen molar-refractivity contribution in [2.24, 2.45) is 11.1 Å². The van der Waals surface area contributed by atoms with Crippen molar-refractivity contribution in [3.8, 4) is 16.9 Å². The van der Waals surface area contributed by atoms with E-state index >= 15 is 0 Å². The number of piperidine rings is 1. The van der Waals surface area contributed by atoms with Crippen molar-refractivity contribution < 1.29 is 19.1 Å². The van der Waals surface area contributed by atoms with Crippen LogP contribution in [0.2, 0.25) is 0 Å². The van der Waals surface area contributed by atoms with E-state index in [9.17, 15) is 9.59 Å². The highest BCUT2D eigenvalue weighted by molar-refractivity contribution is 5.85. The van der Waals surface area contributed by atoms with E-state index < -0.39 is 5.41 Å². The third kappa shape index (κ3) is 4.59. The molecule has 6 nitrogen and oxygen atoms in total. The second-order valence-corrected chi connectivity index (χ2v) is 8.61. The Bertz CT molecular complexity index is 920. The van der Waals surface area contributed by atoms with Crippen LogP contribution in [0.3, 0.4) is 0 Å². The van der Waals surface area contributed by atoms with Crippen molar-refractivity contribution in [3.63, 3.8) is 0 Å². The number of amides is 2. The molecule has 2 atom stereocenters. The van der Waals surface area contributed by atoms with Gasteiger partial charge in [-0.05, 0) is 60.9 Å². The highest BCUT2D eigenvalue weighted by atomic mass is 16.5. The molecule has 0 radical (unpaired) electrons. The minimum atomic E-state index is -0.742. The predicted molar refractivity (Wildman–Crippen MR) is 119 cm³/mol. The number of nitrogens with two attached hydrogens (primary N) is 1. The van der Waals surface area contributed by atoms with Crippen molar-refractivity contribution in [2.45, 2.75) is 38.2 Å². The number of ether oxygens (including phenoxy) is 2. The zero-order chi connectivity index (χ0) is 21.8. The van der Waals surface area contributed by atoms with Crippen LogP contribution in [0.25, 0.3) is 11.1 Å². The lowest BCUT2D eigenvalue weighted by molar-refractivity contribution is -0.147. The number of likely N-dealkylation sites (tertiary alicyclic amines) is 1. The van der Waals surface area contributed by atoms with Crippen molar-refractivity contribution in [2.75, 3.05) is 26.8 Å². The molecule has 6 heteroatoms. The second-order valence-electron chi connectivity index (χ2n) is 8.61. The van der Waals surface area contributed by atoms with Crippen LogP contribution in [-0.2, 0) is 20.7 Å². The van der Waals surface area contributed by atoms with E-state index in [0.29, 0.717) is 32.5 Å². The summed E-state index contributed by atoms with van der Waals surface area (Å²) < 4.78 is 10.8. The second kappa shape index (κ2) is 9.10. The minimum Gasteiger partial charge on any atom is -0.497 e. The van der Waals surface area contributed by atoms with Crippen molar-refractivity contribution in [1.29, 1.82) is 0 Å². The lowest BCUT2D eigenvalue weighted by atomic mass is 9.74. The van der Waals surface area contributed by atoms with Crippen molar-refractivity contribution in [1.82, 2.24) is 4.90 Å². The van der Waals surface area contributed by atoms with Gasteiger partial charge in [-0.3, -0.25) is 9.59 Å². The Morgan fingerprint density at radius 2 is 1.77 bits per heavy atom. The Morgan fingerprint density at radius 3 is 2.35 bits per heavy atom. The first-order chi connectivity index (χ1) is 15.0. The third-order valence-corrected chi connectivity index (χ3v) is 6.54. The van der Waals surface area contributed by atoms with E-state index in [1.807, 2.05) is 36.4 Å². The average Bonchev–Trinajstić information content (AvgIpc) is 3.34. The van der Waals surface area contributed by atoms with Gasteiger partial charge in [-0.25, -0.2) is 0 Å². The van der Waals surface area contributed by atoms with E-state index in [2.05, 4.69) is 12.1 Å². The van der Waals surface area contributed by atoms with Crippen LogP contribution >= 0.6 is 0 Å². The molecule has 2 heterocycles. The van der Waals surface area contributed by atoms with Crippen LogP contribution in [-0.4, -0.2) is 49.6 Å². The number of rotatable bonds is 6. The number of carbonyl (C=O) groups is 2. The van der Waals surface area contributed by atoms with E-state index in [0.717, 1.165) is 41.7 Å². The fourth-order valence-corrected chi connectivity index (χ4v) is 4.72. The summed E-state index contributed by atoms with van der Waals surface area (Å²) in [5.74, 6) is 0.484. The van der Waals surface area contributed by atoms with Gasteiger partial charge in [0.25, 0.3) is 5.91 Å². The van der Waals surface area contributed by atoms with Crippen molar-refractivity contribution in [3.05, 3.63) is 54.1 Å². The molecule has 0 aromatic heterocycles. The number of methoxy groups -OCH3 is 1. The molecule has 2 N–H and O–H groups in total. The summed E-state index contributed by atoms with van der Waals surface area (Å²) in [6.45, 7) is 1.65. The number of primary amides is 1. The van der Waals surface area contributed by atoms with Gasteiger partial charge in [-0.2, -0.15) is 0 Å². The van der Waals surface area contributed by atoms with Crippen LogP contribution in [0.4, 0.5) is 0 Å². The molecule has 0 bridgehead atoms. The Labute approximate surface area is 183 Å². The fraction of sp³-hybridized carbons (Fsp3) is 0.440. The lowest BCUT2D eigenvalue weighted by Gasteiger charge is -2.41. The average molecular weight is 423 g/mol. The molecular formula is C25H30N2O4. The first kappa shape index (κ1) is 21.4. The molecule has 2 aliphatic heterocycles. The molecule has 0 aliphatic carbocycles. The molecule has 4 rings (SSSR count). The Morgan fingerprint density at radius 1 is 1.10 bits per heavy atom. The van der Waals surface area contributed by atoms with Gasteiger partial charge in [0.15, 0.2) is 0 Å². The molecule has 0 saturated carbocycles. The molecule has 2 fully saturated rings. The number of benzene rings is 2. The van der Waals surface area contributed by atoms with E-state index in [-0.39, 0.29) is 17.9 Å². The summed E-state index contributed by atoms with van der Waals surface area (Å²) in [4.78, 5) is 27.2. The maximum absolute atomic E-state index is 12.9. The molecule has 2 saturated heterocycles. The third-order valence-electron chi connectivity index (χ3n) is 6.54. The van der Waals surface area contributed by atoms with Gasteiger partial charge in [0.05, 0.1) is 12.5 Å². The first-order valence-corrected chi connectivity index (χ1v) is 10.9. The highest BCUT2D eigenvalue weighted by Gasteiger charge is 2.43. The smallest absolute Gasteiger partial charge is 0.251 e. The van der Waals surface area contributed by atoms with Crippen LogP contribution < -0.4 is 10.5 Å². The summed E-state index contributed by atoms with van der Waals surface area (Å²) in [7, 11) is 1.65. The molecule has 0 spiro atoms. The number of nitrogens with zero attached hydrogens (tertiary/aromatic N) is 1. The number of hydrogen-bond acceptors (Lipinski definition) is 4. The van der Waals surface area contributed by atoms with Crippen LogP contribution in [0, 0.1) is 5.41 Å². The number of hydrogen-bond donors (Lipinski definition) is 1. The summed E-state index contributed by atoms with van der Waals surface area (Å²) in [6, 6.07) is 16.1. The van der Waals surface area contributed by atoms with Gasteiger partial charge in [-0.1, -0.05) is 36.4 Å². The molecule has 2 aromatic rings. The molecule has 0 unspecified atom stereocenters. The van der Waals surface area contributed by atoms with E-state index in [4.69, 9.17) is 15.2 Å². The Kier molecular flexibility index (Phi) is 6.28. The maximum Gasteiger partial charge on any atom is 0.251 e. The van der Waals surface area contributed by atoms with Gasteiger partial charge < -0.3 is 20.1 Å². The van der Waals surface area contributed by atoms with E-state index in [1.54, 1.807) is 12.0 Å². The summed E-state index contributed by atoms with van der Waals surface area (Å²) in [5.41, 5.74) is 8.39. The lowest BCUT2D eigenvalue weighted by Crippen LogP contribution is -2.55. The van der Waals surface area contributed by atoms with Crippen LogP contribution in [0.1, 0.15) is 31.2 Å². The Balaban J connectivity index is 1.49. The normalized spacial score (nSPS) is 23.5. The van der Waals surface area contributed by atoms with Gasteiger partial charge >= 0.3 is 0 Å². The molecule has 31 heavy (non-hydrogen) atoms. The standard InChI is InChI=1S/C25H30N2O4/c1-30-21-11-9-20(10-12-21)19-7-5-18(6-8-19)16-25(24(26)29)13-3-14-27(17-25)23(28)22-4-2-15-31-22/h5-12,22H,2-4,13-17H2,1H3,(H2,26,29)/t22-,25+/m0/s1.